The number of hydrogen-bond acceptors (Lipinski definition) is 3. The van der Waals surface area contributed by atoms with E-state index in [1.54, 1.807) is 26.2 Å². The molecule has 0 fully saturated rings. The summed E-state index contributed by atoms with van der Waals surface area (Å²) in [6.07, 6.45) is 2.92. The predicted octanol–water partition coefficient (Wildman–Crippen LogP) is 6.01. The van der Waals surface area contributed by atoms with Crippen LogP contribution in [0.25, 0.3) is 0 Å². The monoisotopic (exact) mass is 368 g/mol. The summed E-state index contributed by atoms with van der Waals surface area (Å²) in [7, 11) is 1.69. The van der Waals surface area contributed by atoms with Crippen LogP contribution in [-0.2, 0) is 0 Å². The second-order valence-corrected chi connectivity index (χ2v) is 8.01. The first-order chi connectivity index (χ1) is 12.8. The summed E-state index contributed by atoms with van der Waals surface area (Å²) in [6.45, 7) is 11.8. The Morgan fingerprint density at radius 1 is 1.30 bits per heavy atom. The third-order valence-corrected chi connectivity index (χ3v) is 5.55. The fourth-order valence-electron chi connectivity index (χ4n) is 4.26. The molecule has 0 saturated carbocycles. The van der Waals surface area contributed by atoms with Crippen LogP contribution >= 0.6 is 0 Å². The van der Waals surface area contributed by atoms with Gasteiger partial charge in [-0.1, -0.05) is 6.92 Å². The first-order valence-corrected chi connectivity index (χ1v) is 9.56. The molecular formula is C23H29FN2O. The lowest BCUT2D eigenvalue weighted by Crippen LogP contribution is -2.48. The van der Waals surface area contributed by atoms with Crippen molar-refractivity contribution >= 4 is 17.6 Å². The highest BCUT2D eigenvalue weighted by Crippen LogP contribution is 2.45. The molecule has 0 amide bonds. The normalized spacial score (nSPS) is 18.6. The van der Waals surface area contributed by atoms with Crippen LogP contribution < -0.4 is 9.64 Å². The summed E-state index contributed by atoms with van der Waals surface area (Å²) in [5, 5.41) is 0. The van der Waals surface area contributed by atoms with Crippen molar-refractivity contribution < 1.29 is 9.13 Å². The molecule has 0 radical (unpaired) electrons. The van der Waals surface area contributed by atoms with E-state index in [1.165, 1.54) is 17.3 Å². The fourth-order valence-corrected chi connectivity index (χ4v) is 4.26. The average molecular weight is 368 g/mol. The number of nitrogens with zero attached hydrogens (tertiary/aromatic N) is 2. The molecule has 1 heterocycles. The Hall–Kier alpha value is -2.36. The maximum absolute atomic E-state index is 13.5. The quantitative estimate of drug-likeness (QED) is 0.618. The Kier molecular flexibility index (Phi) is 5.27. The standard InChI is InChI=1S/C23H29FN2O/c1-7-26-21-12-22(27-6)17(11-19(21)16(3)13-23(26,4)5)14-25-18-8-9-20(24)15(2)10-18/h8-12,14,16H,7,13H2,1-6H3. The SMILES string of the molecule is CCN1c2cc(OC)c(C=Nc3ccc(F)c(C)c3)cc2C(C)CC1(C)C. The van der Waals surface area contributed by atoms with E-state index in [0.717, 1.165) is 30.0 Å². The highest BCUT2D eigenvalue weighted by molar-refractivity contribution is 5.87. The van der Waals surface area contributed by atoms with Crippen LogP contribution in [0.15, 0.2) is 35.3 Å². The number of methoxy groups -OCH3 is 1. The molecule has 1 atom stereocenters. The molecule has 0 spiro atoms. The van der Waals surface area contributed by atoms with Crippen LogP contribution in [0, 0.1) is 12.7 Å². The zero-order valence-electron chi connectivity index (χ0n) is 17.1. The lowest BCUT2D eigenvalue weighted by molar-refractivity contribution is 0.377. The molecule has 1 unspecified atom stereocenters. The van der Waals surface area contributed by atoms with E-state index >= 15 is 0 Å². The second-order valence-electron chi connectivity index (χ2n) is 8.01. The van der Waals surface area contributed by atoms with E-state index < -0.39 is 0 Å². The zero-order valence-corrected chi connectivity index (χ0v) is 17.1. The van der Waals surface area contributed by atoms with Crippen molar-refractivity contribution in [3.63, 3.8) is 0 Å². The van der Waals surface area contributed by atoms with Crippen molar-refractivity contribution in [2.75, 3.05) is 18.6 Å². The minimum absolute atomic E-state index is 0.118. The lowest BCUT2D eigenvalue weighted by Gasteiger charge is -2.47. The van der Waals surface area contributed by atoms with Gasteiger partial charge in [0.1, 0.15) is 11.6 Å². The van der Waals surface area contributed by atoms with E-state index in [1.807, 2.05) is 6.21 Å². The molecule has 0 saturated heterocycles. The summed E-state index contributed by atoms with van der Waals surface area (Å²) in [5.41, 5.74) is 4.96. The first-order valence-electron chi connectivity index (χ1n) is 9.56. The summed E-state index contributed by atoms with van der Waals surface area (Å²) in [5.74, 6) is 1.06. The number of rotatable bonds is 4. The van der Waals surface area contributed by atoms with Crippen LogP contribution in [0.1, 0.15) is 56.7 Å². The van der Waals surface area contributed by atoms with Crippen molar-refractivity contribution in [3.8, 4) is 5.75 Å². The number of halogens is 1. The van der Waals surface area contributed by atoms with E-state index in [2.05, 4.69) is 49.7 Å². The summed E-state index contributed by atoms with van der Waals surface area (Å²) in [4.78, 5) is 7.00. The molecule has 1 aliphatic rings. The van der Waals surface area contributed by atoms with Crippen LogP contribution in [0.2, 0.25) is 0 Å². The topological polar surface area (TPSA) is 24.8 Å². The average Bonchev–Trinajstić information content (AvgIpc) is 2.61. The van der Waals surface area contributed by atoms with Crippen molar-refractivity contribution in [2.45, 2.75) is 52.5 Å². The van der Waals surface area contributed by atoms with Gasteiger partial charge < -0.3 is 9.64 Å². The van der Waals surface area contributed by atoms with E-state index in [0.29, 0.717) is 11.5 Å². The Morgan fingerprint density at radius 3 is 2.67 bits per heavy atom. The van der Waals surface area contributed by atoms with Gasteiger partial charge in [0.25, 0.3) is 0 Å². The number of ether oxygens (including phenoxy) is 1. The third kappa shape index (κ3) is 3.71. The first kappa shape index (κ1) is 19.4. The van der Waals surface area contributed by atoms with Gasteiger partial charge in [-0.25, -0.2) is 4.39 Å². The molecule has 27 heavy (non-hydrogen) atoms. The largest absolute Gasteiger partial charge is 0.496 e. The second kappa shape index (κ2) is 7.34. The third-order valence-electron chi connectivity index (χ3n) is 5.55. The van der Waals surface area contributed by atoms with Crippen molar-refractivity contribution in [1.29, 1.82) is 0 Å². The van der Waals surface area contributed by atoms with Gasteiger partial charge in [0.05, 0.1) is 12.8 Å². The summed E-state index contributed by atoms with van der Waals surface area (Å²) >= 11 is 0. The van der Waals surface area contributed by atoms with Gasteiger partial charge in [-0.15, -0.1) is 0 Å². The van der Waals surface area contributed by atoms with Gasteiger partial charge in [-0.05, 0) is 75.4 Å². The van der Waals surface area contributed by atoms with Crippen molar-refractivity contribution in [3.05, 3.63) is 52.8 Å². The molecule has 0 N–H and O–H groups in total. The number of fused-ring (bicyclic) bond motifs is 1. The van der Waals surface area contributed by atoms with Crippen molar-refractivity contribution in [1.82, 2.24) is 0 Å². The molecular weight excluding hydrogens is 339 g/mol. The Morgan fingerprint density at radius 2 is 2.04 bits per heavy atom. The highest BCUT2D eigenvalue weighted by atomic mass is 19.1. The molecule has 4 heteroatoms. The van der Waals surface area contributed by atoms with Gasteiger partial charge in [0.2, 0.25) is 0 Å². The number of anilines is 1. The van der Waals surface area contributed by atoms with E-state index in [4.69, 9.17) is 4.74 Å². The lowest BCUT2D eigenvalue weighted by atomic mass is 9.79. The molecule has 2 aromatic rings. The van der Waals surface area contributed by atoms with Crippen molar-refractivity contribution in [2.24, 2.45) is 4.99 Å². The minimum Gasteiger partial charge on any atom is -0.496 e. The molecule has 1 aliphatic heterocycles. The summed E-state index contributed by atoms with van der Waals surface area (Å²) < 4.78 is 19.1. The minimum atomic E-state index is -0.212. The Bertz CT molecular complexity index is 873. The van der Waals surface area contributed by atoms with E-state index in [9.17, 15) is 4.39 Å². The maximum Gasteiger partial charge on any atom is 0.129 e. The smallest absolute Gasteiger partial charge is 0.129 e. The maximum atomic E-state index is 13.5. The number of hydrogen-bond donors (Lipinski definition) is 0. The number of aryl methyl sites for hydroxylation is 1. The van der Waals surface area contributed by atoms with Crippen LogP contribution in [0.4, 0.5) is 15.8 Å². The Balaban J connectivity index is 2.04. The number of benzene rings is 2. The highest BCUT2D eigenvalue weighted by Gasteiger charge is 2.36. The van der Waals surface area contributed by atoms with Gasteiger partial charge in [-0.2, -0.15) is 0 Å². The number of aliphatic imine (C=N–C) groups is 1. The molecule has 0 aromatic heterocycles. The zero-order chi connectivity index (χ0) is 19.8. The van der Waals surface area contributed by atoms with Gasteiger partial charge in [-0.3, -0.25) is 4.99 Å². The van der Waals surface area contributed by atoms with Crippen LogP contribution in [0.5, 0.6) is 5.75 Å². The molecule has 0 aliphatic carbocycles. The van der Waals surface area contributed by atoms with Crippen LogP contribution in [0.3, 0.4) is 0 Å². The van der Waals surface area contributed by atoms with Crippen LogP contribution in [-0.4, -0.2) is 25.4 Å². The predicted molar refractivity (Wildman–Crippen MR) is 112 cm³/mol. The molecule has 2 aromatic carbocycles. The Labute approximate surface area is 161 Å². The fraction of sp³-hybridized carbons (Fsp3) is 0.435. The molecule has 3 rings (SSSR count). The molecule has 3 nitrogen and oxygen atoms in total. The van der Waals surface area contributed by atoms with E-state index in [-0.39, 0.29) is 11.4 Å². The summed E-state index contributed by atoms with van der Waals surface area (Å²) in [6, 6.07) is 9.22. The van der Waals surface area contributed by atoms with Gasteiger partial charge >= 0.3 is 0 Å². The molecule has 144 valence electrons. The molecule has 0 bridgehead atoms. The van der Waals surface area contributed by atoms with Gasteiger partial charge in [0, 0.05) is 35.6 Å². The van der Waals surface area contributed by atoms with Gasteiger partial charge in [0.15, 0.2) is 0 Å².